The van der Waals surface area contributed by atoms with Gasteiger partial charge in [0.15, 0.2) is 5.11 Å². The van der Waals surface area contributed by atoms with Crippen LogP contribution in [-0.2, 0) is 6.42 Å². The van der Waals surface area contributed by atoms with Crippen molar-refractivity contribution in [2.75, 3.05) is 6.54 Å². The molecule has 0 atom stereocenters. The highest BCUT2D eigenvalue weighted by Crippen LogP contribution is 2.17. The molecule has 92 valence electrons. The van der Waals surface area contributed by atoms with E-state index in [1.54, 1.807) is 0 Å². The summed E-state index contributed by atoms with van der Waals surface area (Å²) in [5, 5.41) is 8.11. The molecule has 0 radical (unpaired) electrons. The van der Waals surface area contributed by atoms with Crippen LogP contribution in [0.5, 0.6) is 0 Å². The summed E-state index contributed by atoms with van der Waals surface area (Å²) < 4.78 is 0. The average Bonchev–Trinajstić information content (AvgIpc) is 2.26. The molecule has 1 aliphatic carbocycles. The third kappa shape index (κ3) is 4.17. The lowest BCUT2D eigenvalue weighted by molar-refractivity contribution is 0.382. The van der Waals surface area contributed by atoms with Crippen LogP contribution in [0.15, 0.2) is 24.3 Å². The van der Waals surface area contributed by atoms with Gasteiger partial charge in [-0.15, -0.1) is 0 Å². The van der Waals surface area contributed by atoms with Crippen LogP contribution in [0.2, 0.25) is 5.02 Å². The highest BCUT2D eigenvalue weighted by atomic mass is 35.5. The Balaban J connectivity index is 1.64. The van der Waals surface area contributed by atoms with Gasteiger partial charge >= 0.3 is 0 Å². The van der Waals surface area contributed by atoms with Crippen LogP contribution in [0.25, 0.3) is 0 Å². The zero-order chi connectivity index (χ0) is 12.1. The molecule has 0 bridgehead atoms. The minimum absolute atomic E-state index is 0.602. The van der Waals surface area contributed by atoms with Crippen LogP contribution in [-0.4, -0.2) is 17.7 Å². The second-order valence-electron chi connectivity index (χ2n) is 4.40. The Kier molecular flexibility index (Phi) is 4.63. The molecule has 0 aromatic heterocycles. The molecule has 17 heavy (non-hydrogen) atoms. The van der Waals surface area contributed by atoms with E-state index in [9.17, 15) is 0 Å². The number of halogens is 1. The zero-order valence-corrected chi connectivity index (χ0v) is 11.3. The minimum Gasteiger partial charge on any atom is -0.362 e. The van der Waals surface area contributed by atoms with E-state index in [0.29, 0.717) is 6.04 Å². The van der Waals surface area contributed by atoms with Gasteiger partial charge in [-0.05, 0) is 55.6 Å². The van der Waals surface area contributed by atoms with Gasteiger partial charge < -0.3 is 10.6 Å². The highest BCUT2D eigenvalue weighted by Gasteiger charge is 2.17. The standard InChI is InChI=1S/C13H17ClN2S/c14-11-6-4-10(5-7-11)8-9-15-13(17)16-12-2-1-3-12/h4-7,12H,1-3,8-9H2,(H2,15,16,17). The van der Waals surface area contributed by atoms with Crippen molar-refractivity contribution in [3.8, 4) is 0 Å². The van der Waals surface area contributed by atoms with Crippen molar-refractivity contribution in [3.63, 3.8) is 0 Å². The molecule has 0 spiro atoms. The van der Waals surface area contributed by atoms with Gasteiger partial charge in [-0.2, -0.15) is 0 Å². The monoisotopic (exact) mass is 268 g/mol. The van der Waals surface area contributed by atoms with E-state index >= 15 is 0 Å². The largest absolute Gasteiger partial charge is 0.362 e. The minimum atomic E-state index is 0.602. The summed E-state index contributed by atoms with van der Waals surface area (Å²) in [6.45, 7) is 0.861. The fraction of sp³-hybridized carbons (Fsp3) is 0.462. The van der Waals surface area contributed by atoms with Gasteiger partial charge in [0.25, 0.3) is 0 Å². The molecule has 1 aromatic carbocycles. The molecule has 1 aliphatic rings. The maximum absolute atomic E-state index is 5.83. The van der Waals surface area contributed by atoms with Crippen molar-refractivity contribution in [1.82, 2.24) is 10.6 Å². The van der Waals surface area contributed by atoms with Crippen molar-refractivity contribution in [3.05, 3.63) is 34.9 Å². The van der Waals surface area contributed by atoms with Crippen LogP contribution in [0.4, 0.5) is 0 Å². The SMILES string of the molecule is S=C(NCCc1ccc(Cl)cc1)NC1CCC1. The van der Waals surface area contributed by atoms with Crippen molar-refractivity contribution >= 4 is 28.9 Å². The van der Waals surface area contributed by atoms with Gasteiger partial charge in [-0.3, -0.25) is 0 Å². The topological polar surface area (TPSA) is 24.1 Å². The van der Waals surface area contributed by atoms with Gasteiger partial charge in [-0.1, -0.05) is 23.7 Å². The quantitative estimate of drug-likeness (QED) is 0.821. The van der Waals surface area contributed by atoms with E-state index in [1.165, 1.54) is 24.8 Å². The molecule has 2 nitrogen and oxygen atoms in total. The smallest absolute Gasteiger partial charge is 0.166 e. The first-order chi connectivity index (χ1) is 8.24. The second kappa shape index (κ2) is 6.22. The number of rotatable bonds is 4. The van der Waals surface area contributed by atoms with Crippen molar-refractivity contribution in [2.24, 2.45) is 0 Å². The second-order valence-corrected chi connectivity index (χ2v) is 5.25. The molecule has 0 amide bonds. The maximum atomic E-state index is 5.83. The number of benzene rings is 1. The first kappa shape index (κ1) is 12.7. The summed E-state index contributed by atoms with van der Waals surface area (Å²) in [6.07, 6.45) is 4.78. The van der Waals surface area contributed by atoms with Gasteiger partial charge in [0, 0.05) is 17.6 Å². The van der Waals surface area contributed by atoms with E-state index in [2.05, 4.69) is 10.6 Å². The molecule has 1 saturated carbocycles. The van der Waals surface area contributed by atoms with Gasteiger partial charge in [0.1, 0.15) is 0 Å². The van der Waals surface area contributed by atoms with Crippen molar-refractivity contribution in [1.29, 1.82) is 0 Å². The predicted molar refractivity (Wildman–Crippen MR) is 76.5 cm³/mol. The Morgan fingerprint density at radius 1 is 1.29 bits per heavy atom. The van der Waals surface area contributed by atoms with Crippen molar-refractivity contribution in [2.45, 2.75) is 31.7 Å². The van der Waals surface area contributed by atoms with E-state index < -0.39 is 0 Å². The number of hydrogen-bond acceptors (Lipinski definition) is 1. The summed E-state index contributed by atoms with van der Waals surface area (Å²) in [7, 11) is 0. The molecule has 0 unspecified atom stereocenters. The zero-order valence-electron chi connectivity index (χ0n) is 9.71. The van der Waals surface area contributed by atoms with E-state index in [4.69, 9.17) is 23.8 Å². The fourth-order valence-electron chi connectivity index (χ4n) is 1.76. The van der Waals surface area contributed by atoms with Gasteiger partial charge in [0.2, 0.25) is 0 Å². The molecule has 4 heteroatoms. The summed E-state index contributed by atoms with van der Waals surface area (Å²) in [5.74, 6) is 0. The van der Waals surface area contributed by atoms with Crippen LogP contribution >= 0.6 is 23.8 Å². The first-order valence-electron chi connectivity index (χ1n) is 6.03. The Labute approximate surface area is 113 Å². The first-order valence-corrected chi connectivity index (χ1v) is 6.81. The van der Waals surface area contributed by atoms with Crippen LogP contribution < -0.4 is 10.6 Å². The Morgan fingerprint density at radius 3 is 2.59 bits per heavy atom. The number of thiocarbonyl (C=S) groups is 1. The molecule has 0 aliphatic heterocycles. The van der Waals surface area contributed by atoms with Crippen molar-refractivity contribution < 1.29 is 0 Å². The van der Waals surface area contributed by atoms with E-state index in [-0.39, 0.29) is 0 Å². The van der Waals surface area contributed by atoms with Crippen LogP contribution in [0.3, 0.4) is 0 Å². The molecule has 1 aromatic rings. The fourth-order valence-corrected chi connectivity index (χ4v) is 2.16. The summed E-state index contributed by atoms with van der Waals surface area (Å²) in [6, 6.07) is 8.54. The summed E-state index contributed by atoms with van der Waals surface area (Å²) in [5.41, 5.74) is 1.27. The molecular formula is C13H17ClN2S. The van der Waals surface area contributed by atoms with Crippen LogP contribution in [0.1, 0.15) is 24.8 Å². The normalized spacial score (nSPS) is 15.1. The maximum Gasteiger partial charge on any atom is 0.166 e. The lowest BCUT2D eigenvalue weighted by Gasteiger charge is -2.27. The lowest BCUT2D eigenvalue weighted by atomic mass is 9.93. The highest BCUT2D eigenvalue weighted by molar-refractivity contribution is 7.80. The third-order valence-corrected chi connectivity index (χ3v) is 3.57. The molecule has 2 rings (SSSR count). The van der Waals surface area contributed by atoms with Gasteiger partial charge in [0.05, 0.1) is 0 Å². The Bertz CT molecular complexity index is 374. The molecule has 0 saturated heterocycles. The molecule has 2 N–H and O–H groups in total. The number of hydrogen-bond donors (Lipinski definition) is 2. The predicted octanol–water partition coefficient (Wildman–Crippen LogP) is 2.90. The van der Waals surface area contributed by atoms with Gasteiger partial charge in [-0.25, -0.2) is 0 Å². The third-order valence-electron chi connectivity index (χ3n) is 3.05. The summed E-state index contributed by atoms with van der Waals surface area (Å²) >= 11 is 11.1. The average molecular weight is 269 g/mol. The molecular weight excluding hydrogens is 252 g/mol. The Hall–Kier alpha value is -0.800. The van der Waals surface area contributed by atoms with E-state index in [1.807, 2.05) is 24.3 Å². The van der Waals surface area contributed by atoms with Crippen LogP contribution in [0, 0.1) is 0 Å². The van der Waals surface area contributed by atoms with E-state index in [0.717, 1.165) is 23.1 Å². The molecule has 0 heterocycles. The number of nitrogens with one attached hydrogen (secondary N) is 2. The molecule has 1 fully saturated rings. The summed E-state index contributed by atoms with van der Waals surface area (Å²) in [4.78, 5) is 0. The lowest BCUT2D eigenvalue weighted by Crippen LogP contribution is -2.45. The Morgan fingerprint density at radius 2 is 2.00 bits per heavy atom.